The third-order valence-corrected chi connectivity index (χ3v) is 19.8. The molecule has 0 radical (unpaired) electrons. The highest BCUT2D eigenvalue weighted by Crippen LogP contribution is 2.59. The molecule has 0 unspecified atom stereocenters. The number of rotatable bonds is 2. The van der Waals surface area contributed by atoms with Crippen LogP contribution in [0.4, 0.5) is 0 Å². The molecular formula is C50H32Br4P2. The summed E-state index contributed by atoms with van der Waals surface area (Å²) >= 11 is 16.6. The van der Waals surface area contributed by atoms with Gasteiger partial charge in [-0.3, -0.25) is 0 Å². The van der Waals surface area contributed by atoms with Gasteiger partial charge in [-0.05, 0) is 147 Å². The Balaban J connectivity index is 1.15. The maximum atomic E-state index is 4.16. The molecule has 0 saturated heterocycles. The van der Waals surface area contributed by atoms with Crippen molar-refractivity contribution < 1.29 is 0 Å². The predicted octanol–water partition coefficient (Wildman–Crippen LogP) is 16.3. The molecule has 11 rings (SSSR count). The van der Waals surface area contributed by atoms with Gasteiger partial charge >= 0.3 is 0 Å². The van der Waals surface area contributed by atoms with E-state index in [-0.39, 0.29) is 0 Å². The molecule has 0 amide bonds. The van der Waals surface area contributed by atoms with Gasteiger partial charge in [-0.15, -0.1) is 0 Å². The lowest BCUT2D eigenvalue weighted by Crippen LogP contribution is -2.23. The van der Waals surface area contributed by atoms with Gasteiger partial charge in [-0.25, -0.2) is 0 Å². The third kappa shape index (κ3) is 5.77. The molecule has 0 nitrogen and oxygen atoms in total. The number of hydrogen-bond acceptors (Lipinski definition) is 0. The van der Waals surface area contributed by atoms with Crippen molar-refractivity contribution in [2.75, 3.05) is 0 Å². The standard InChI is InChI=1S/C50H32Br4P2/c51-41-21-29-11-1-5-15-33(29)47-37(41)25-55(26-38-42(52)22-30-12-2-6-16-34(30)48(38)47)45-19-9-10-20-46(45)56-27-39-43(53)23-31-13-3-7-17-35(31)49(39)50-36-18-8-4-14-32(36)24-44(54)40(50)28-56/h1-24H,25-28H2. The number of hydrogen-bond donors (Lipinski definition) is 0. The third-order valence-electron chi connectivity index (χ3n) is 11.9. The second-order valence-corrected chi connectivity index (χ2v) is 22.7. The van der Waals surface area contributed by atoms with Gasteiger partial charge in [0, 0.05) is 17.9 Å². The Morgan fingerprint density at radius 3 is 0.804 bits per heavy atom. The van der Waals surface area contributed by atoms with Crippen LogP contribution in [0.5, 0.6) is 0 Å². The molecule has 0 fully saturated rings. The van der Waals surface area contributed by atoms with Crippen LogP contribution in [0.15, 0.2) is 163 Å². The molecule has 9 aromatic carbocycles. The molecule has 270 valence electrons. The lowest BCUT2D eigenvalue weighted by Gasteiger charge is -2.26. The summed E-state index contributed by atoms with van der Waals surface area (Å²) in [5, 5.41) is 13.5. The quantitative estimate of drug-likeness (QED) is 0.151. The summed E-state index contributed by atoms with van der Waals surface area (Å²) in [6.07, 6.45) is 4.06. The summed E-state index contributed by atoms with van der Waals surface area (Å²) in [7, 11) is -1.28. The van der Waals surface area contributed by atoms with E-state index < -0.39 is 15.8 Å². The fourth-order valence-electron chi connectivity index (χ4n) is 9.40. The molecule has 2 aliphatic rings. The minimum Gasteiger partial charge on any atom is -0.0655 e. The molecule has 2 aliphatic heterocycles. The van der Waals surface area contributed by atoms with Crippen LogP contribution in [-0.4, -0.2) is 0 Å². The lowest BCUT2D eigenvalue weighted by molar-refractivity contribution is 1.36. The molecule has 0 atom stereocenters. The zero-order valence-electron chi connectivity index (χ0n) is 30.1. The highest BCUT2D eigenvalue weighted by Gasteiger charge is 2.33. The van der Waals surface area contributed by atoms with Crippen molar-refractivity contribution >= 4 is 133 Å². The smallest absolute Gasteiger partial charge is 0.0223 e. The van der Waals surface area contributed by atoms with Gasteiger partial charge in [0.25, 0.3) is 0 Å². The first kappa shape index (κ1) is 35.9. The normalized spacial score (nSPS) is 14.4. The van der Waals surface area contributed by atoms with Crippen molar-refractivity contribution in [3.63, 3.8) is 0 Å². The van der Waals surface area contributed by atoms with Crippen LogP contribution < -0.4 is 10.6 Å². The predicted molar refractivity (Wildman–Crippen MR) is 259 cm³/mol. The summed E-state index contributed by atoms with van der Waals surface area (Å²) in [5.74, 6) is 0. The fraction of sp³-hybridized carbons (Fsp3) is 0.0800. The van der Waals surface area contributed by atoms with Gasteiger partial charge in [0.15, 0.2) is 0 Å². The van der Waals surface area contributed by atoms with E-state index in [0.717, 1.165) is 24.6 Å². The number of halogens is 4. The van der Waals surface area contributed by atoms with Crippen molar-refractivity contribution in [3.05, 3.63) is 186 Å². The Hall–Kier alpha value is -3.20. The molecule has 0 bridgehead atoms. The summed E-state index contributed by atoms with van der Waals surface area (Å²) in [4.78, 5) is 0. The molecule has 2 heterocycles. The maximum Gasteiger partial charge on any atom is 0.0223 e. The van der Waals surface area contributed by atoms with Crippen molar-refractivity contribution in [3.8, 4) is 22.3 Å². The highest BCUT2D eigenvalue weighted by molar-refractivity contribution is 9.11. The van der Waals surface area contributed by atoms with Crippen molar-refractivity contribution in [2.45, 2.75) is 24.6 Å². The minimum atomic E-state index is -0.638. The highest BCUT2D eigenvalue weighted by atomic mass is 79.9. The second kappa shape index (κ2) is 14.3. The molecule has 0 spiro atoms. The minimum absolute atomic E-state index is 0.638. The van der Waals surface area contributed by atoms with Crippen molar-refractivity contribution in [1.29, 1.82) is 0 Å². The van der Waals surface area contributed by atoms with E-state index in [4.69, 9.17) is 0 Å². The van der Waals surface area contributed by atoms with Crippen LogP contribution >= 0.6 is 79.6 Å². The number of benzene rings is 9. The van der Waals surface area contributed by atoms with E-state index in [0.29, 0.717) is 0 Å². The Morgan fingerprint density at radius 1 is 0.304 bits per heavy atom. The zero-order valence-corrected chi connectivity index (χ0v) is 38.2. The van der Waals surface area contributed by atoms with E-state index in [1.807, 2.05) is 0 Å². The zero-order chi connectivity index (χ0) is 37.7. The van der Waals surface area contributed by atoms with Gasteiger partial charge in [-0.2, -0.15) is 0 Å². The van der Waals surface area contributed by atoms with E-state index in [2.05, 4.69) is 209 Å². The van der Waals surface area contributed by atoms with Crippen LogP contribution in [-0.2, 0) is 24.6 Å². The van der Waals surface area contributed by atoms with Crippen LogP contribution in [0.2, 0.25) is 0 Å². The summed E-state index contributed by atoms with van der Waals surface area (Å²) in [6.45, 7) is 0. The van der Waals surface area contributed by atoms with Crippen LogP contribution in [0.1, 0.15) is 22.3 Å². The maximum absolute atomic E-state index is 4.16. The molecule has 0 aliphatic carbocycles. The average Bonchev–Trinajstić information content (AvgIpc) is 3.53. The van der Waals surface area contributed by atoms with Gasteiger partial charge in [0.05, 0.1) is 0 Å². The van der Waals surface area contributed by atoms with Gasteiger partial charge in [-0.1, -0.05) is 201 Å². The largest absolute Gasteiger partial charge is 0.0655 e. The average molecular weight is 1010 g/mol. The Bertz CT molecular complexity index is 2720. The SMILES string of the molecule is Brc1cc2ccccc2c2c1CP(c1ccccc1P1Cc3c(Br)cc4ccccc4c3-c3c(c(Br)cc4ccccc34)C1)Cc1c(Br)cc3ccccc3c1-2. The molecule has 9 aromatic rings. The molecule has 0 aromatic heterocycles. The van der Waals surface area contributed by atoms with Crippen molar-refractivity contribution in [1.82, 2.24) is 0 Å². The Morgan fingerprint density at radius 2 is 0.536 bits per heavy atom. The van der Waals surface area contributed by atoms with E-state index in [9.17, 15) is 0 Å². The topological polar surface area (TPSA) is 0 Å². The Labute approximate surface area is 362 Å². The summed E-state index contributed by atoms with van der Waals surface area (Å²) in [6, 6.07) is 54.8. The van der Waals surface area contributed by atoms with E-state index >= 15 is 0 Å². The molecule has 56 heavy (non-hydrogen) atoms. The first-order valence-electron chi connectivity index (χ1n) is 18.8. The monoisotopic (exact) mass is 1010 g/mol. The fourth-order valence-corrected chi connectivity index (χ4v) is 18.6. The molecule has 0 N–H and O–H groups in total. The van der Waals surface area contributed by atoms with E-state index in [1.54, 1.807) is 10.6 Å². The second-order valence-electron chi connectivity index (χ2n) is 14.9. The summed E-state index contributed by atoms with van der Waals surface area (Å²) in [5.41, 5.74) is 11.3. The van der Waals surface area contributed by atoms with Crippen LogP contribution in [0, 0.1) is 0 Å². The molecule has 0 saturated carbocycles. The van der Waals surface area contributed by atoms with Crippen LogP contribution in [0.25, 0.3) is 65.3 Å². The molecule has 6 heteroatoms. The number of fused-ring (bicyclic) bond motifs is 14. The van der Waals surface area contributed by atoms with Crippen LogP contribution in [0.3, 0.4) is 0 Å². The van der Waals surface area contributed by atoms with Gasteiger partial charge < -0.3 is 0 Å². The van der Waals surface area contributed by atoms with Gasteiger partial charge in [0.1, 0.15) is 0 Å². The first-order valence-corrected chi connectivity index (χ1v) is 25.4. The van der Waals surface area contributed by atoms with Crippen molar-refractivity contribution in [2.24, 2.45) is 0 Å². The van der Waals surface area contributed by atoms with E-state index in [1.165, 1.54) is 105 Å². The van der Waals surface area contributed by atoms with Gasteiger partial charge in [0.2, 0.25) is 0 Å². The first-order chi connectivity index (χ1) is 27.4. The Kier molecular flexibility index (Phi) is 9.15. The lowest BCUT2D eigenvalue weighted by atomic mass is 9.88. The molecular weight excluding hydrogens is 982 g/mol. The summed E-state index contributed by atoms with van der Waals surface area (Å²) < 4.78 is 4.84.